The Hall–Kier alpha value is -0.540. The van der Waals surface area contributed by atoms with Gasteiger partial charge in [-0.05, 0) is 68.6 Å². The third kappa shape index (κ3) is 3.98. The molecule has 0 heterocycles. The summed E-state index contributed by atoms with van der Waals surface area (Å²) in [5.74, 6) is 1.85. The summed E-state index contributed by atoms with van der Waals surface area (Å²) in [6, 6.07) is 6.91. The summed E-state index contributed by atoms with van der Waals surface area (Å²) in [6.07, 6.45) is 6.62. The molecule has 2 fully saturated rings. The standard InChI is InChI=1S/C17H25BrN2/c1-12(19)8-15-6-7-16(18)9-17(15)20(10-13-2-3-13)11-14-4-5-14/h6-7,9,12-14H,2-5,8,10-11,19H2,1H3. The monoisotopic (exact) mass is 336 g/mol. The molecule has 2 aliphatic rings. The van der Waals surface area contributed by atoms with Gasteiger partial charge in [-0.2, -0.15) is 0 Å². The van der Waals surface area contributed by atoms with Gasteiger partial charge in [0, 0.05) is 29.3 Å². The van der Waals surface area contributed by atoms with Gasteiger partial charge in [-0.1, -0.05) is 22.0 Å². The molecule has 1 unspecified atom stereocenters. The van der Waals surface area contributed by atoms with Crippen molar-refractivity contribution in [3.8, 4) is 0 Å². The lowest BCUT2D eigenvalue weighted by Crippen LogP contribution is -2.30. The smallest absolute Gasteiger partial charge is 0.0410 e. The van der Waals surface area contributed by atoms with Crippen LogP contribution in [0.2, 0.25) is 0 Å². The van der Waals surface area contributed by atoms with E-state index >= 15 is 0 Å². The van der Waals surface area contributed by atoms with E-state index in [-0.39, 0.29) is 6.04 Å². The van der Waals surface area contributed by atoms with Gasteiger partial charge in [0.1, 0.15) is 0 Å². The Morgan fingerprint density at radius 3 is 2.30 bits per heavy atom. The molecule has 2 nitrogen and oxygen atoms in total. The van der Waals surface area contributed by atoms with Crippen LogP contribution in [0.4, 0.5) is 5.69 Å². The molecule has 3 heteroatoms. The maximum atomic E-state index is 6.03. The number of anilines is 1. The minimum atomic E-state index is 0.221. The number of benzene rings is 1. The number of hydrogen-bond acceptors (Lipinski definition) is 2. The van der Waals surface area contributed by atoms with Gasteiger partial charge in [0.15, 0.2) is 0 Å². The maximum absolute atomic E-state index is 6.03. The molecule has 3 rings (SSSR count). The SMILES string of the molecule is CC(N)Cc1ccc(Br)cc1N(CC1CC1)CC1CC1. The first-order valence-electron chi connectivity index (χ1n) is 7.91. The molecule has 2 aliphatic carbocycles. The average Bonchev–Trinajstić information content (AvgIpc) is 3.25. The van der Waals surface area contributed by atoms with E-state index in [1.807, 2.05) is 0 Å². The Kier molecular flexibility index (Phi) is 4.37. The van der Waals surface area contributed by atoms with Gasteiger partial charge in [-0.25, -0.2) is 0 Å². The second-order valence-electron chi connectivity index (χ2n) is 6.75. The van der Waals surface area contributed by atoms with Crippen LogP contribution >= 0.6 is 15.9 Å². The largest absolute Gasteiger partial charge is 0.371 e. The van der Waals surface area contributed by atoms with Crippen LogP contribution in [-0.4, -0.2) is 19.1 Å². The summed E-state index contributed by atoms with van der Waals surface area (Å²) >= 11 is 3.64. The van der Waals surface area contributed by atoms with E-state index in [0.717, 1.165) is 18.3 Å². The number of nitrogens with zero attached hydrogens (tertiary/aromatic N) is 1. The molecular formula is C17H25BrN2. The highest BCUT2D eigenvalue weighted by Crippen LogP contribution is 2.37. The molecule has 0 radical (unpaired) electrons. The number of rotatable bonds is 7. The molecule has 110 valence electrons. The number of hydrogen-bond donors (Lipinski definition) is 1. The molecule has 0 amide bonds. The van der Waals surface area contributed by atoms with Gasteiger partial charge in [0.2, 0.25) is 0 Å². The van der Waals surface area contributed by atoms with Crippen molar-refractivity contribution in [2.75, 3.05) is 18.0 Å². The van der Waals surface area contributed by atoms with Gasteiger partial charge in [0.05, 0.1) is 0 Å². The van der Waals surface area contributed by atoms with Crippen molar-refractivity contribution in [2.45, 2.75) is 45.1 Å². The normalized spacial score (nSPS) is 19.9. The van der Waals surface area contributed by atoms with E-state index < -0.39 is 0 Å². The first-order chi connectivity index (χ1) is 9.61. The zero-order valence-electron chi connectivity index (χ0n) is 12.3. The molecule has 0 bridgehead atoms. The van der Waals surface area contributed by atoms with Crippen LogP contribution in [-0.2, 0) is 6.42 Å². The quantitative estimate of drug-likeness (QED) is 0.816. The van der Waals surface area contributed by atoms with Crippen molar-refractivity contribution < 1.29 is 0 Å². The summed E-state index contributed by atoms with van der Waals surface area (Å²) in [5, 5.41) is 0. The first-order valence-corrected chi connectivity index (χ1v) is 8.70. The molecule has 1 atom stereocenters. The zero-order valence-corrected chi connectivity index (χ0v) is 13.9. The topological polar surface area (TPSA) is 29.3 Å². The van der Waals surface area contributed by atoms with Gasteiger partial charge >= 0.3 is 0 Å². The van der Waals surface area contributed by atoms with Crippen molar-refractivity contribution in [3.05, 3.63) is 28.2 Å². The second kappa shape index (κ2) is 6.07. The fourth-order valence-corrected chi connectivity index (χ4v) is 3.20. The third-order valence-electron chi connectivity index (χ3n) is 4.28. The molecule has 1 aromatic rings. The van der Waals surface area contributed by atoms with Gasteiger partial charge in [0.25, 0.3) is 0 Å². The molecular weight excluding hydrogens is 312 g/mol. The van der Waals surface area contributed by atoms with Crippen LogP contribution in [0, 0.1) is 11.8 Å². The molecule has 2 N–H and O–H groups in total. The molecule has 2 saturated carbocycles. The lowest BCUT2D eigenvalue weighted by atomic mass is 10.0. The summed E-state index contributed by atoms with van der Waals surface area (Å²) < 4.78 is 1.18. The van der Waals surface area contributed by atoms with Gasteiger partial charge in [-0.15, -0.1) is 0 Å². The predicted molar refractivity (Wildman–Crippen MR) is 89.2 cm³/mol. The van der Waals surface area contributed by atoms with Crippen LogP contribution in [0.3, 0.4) is 0 Å². The van der Waals surface area contributed by atoms with E-state index in [1.165, 1.54) is 54.5 Å². The Balaban J connectivity index is 1.83. The Morgan fingerprint density at radius 1 is 1.20 bits per heavy atom. The lowest BCUT2D eigenvalue weighted by Gasteiger charge is -2.28. The maximum Gasteiger partial charge on any atom is 0.0410 e. The van der Waals surface area contributed by atoms with E-state index in [0.29, 0.717) is 0 Å². The van der Waals surface area contributed by atoms with E-state index in [4.69, 9.17) is 5.73 Å². The first kappa shape index (κ1) is 14.4. The number of nitrogens with two attached hydrogens (primary N) is 1. The molecule has 0 aliphatic heterocycles. The summed E-state index contributed by atoms with van der Waals surface area (Å²) in [5.41, 5.74) is 8.85. The fourth-order valence-electron chi connectivity index (χ4n) is 2.85. The minimum absolute atomic E-state index is 0.221. The second-order valence-corrected chi connectivity index (χ2v) is 7.66. The summed E-state index contributed by atoms with van der Waals surface area (Å²) in [7, 11) is 0. The highest BCUT2D eigenvalue weighted by atomic mass is 79.9. The van der Waals surface area contributed by atoms with Crippen molar-refractivity contribution in [2.24, 2.45) is 17.6 Å². The highest BCUT2D eigenvalue weighted by Gasteiger charge is 2.30. The molecule has 0 spiro atoms. The molecule has 20 heavy (non-hydrogen) atoms. The molecule has 0 saturated heterocycles. The van der Waals surface area contributed by atoms with E-state index in [9.17, 15) is 0 Å². The van der Waals surface area contributed by atoms with E-state index in [2.05, 4.69) is 46.0 Å². The van der Waals surface area contributed by atoms with Crippen LogP contribution in [0.1, 0.15) is 38.2 Å². The van der Waals surface area contributed by atoms with Crippen LogP contribution < -0.4 is 10.6 Å². The van der Waals surface area contributed by atoms with Crippen LogP contribution in [0.25, 0.3) is 0 Å². The van der Waals surface area contributed by atoms with Gasteiger partial charge in [-0.3, -0.25) is 0 Å². The van der Waals surface area contributed by atoms with Gasteiger partial charge < -0.3 is 10.6 Å². The highest BCUT2D eigenvalue weighted by molar-refractivity contribution is 9.10. The Bertz CT molecular complexity index is 450. The van der Waals surface area contributed by atoms with Crippen molar-refractivity contribution in [1.29, 1.82) is 0 Å². The van der Waals surface area contributed by atoms with Crippen molar-refractivity contribution in [3.63, 3.8) is 0 Å². The fraction of sp³-hybridized carbons (Fsp3) is 0.647. The Labute approximate surface area is 130 Å². The van der Waals surface area contributed by atoms with Crippen LogP contribution in [0.5, 0.6) is 0 Å². The molecule has 1 aromatic carbocycles. The minimum Gasteiger partial charge on any atom is -0.371 e. The van der Waals surface area contributed by atoms with E-state index in [1.54, 1.807) is 0 Å². The van der Waals surface area contributed by atoms with Crippen molar-refractivity contribution >= 4 is 21.6 Å². The van der Waals surface area contributed by atoms with Crippen molar-refractivity contribution in [1.82, 2.24) is 0 Å². The van der Waals surface area contributed by atoms with Crippen LogP contribution in [0.15, 0.2) is 22.7 Å². The number of halogens is 1. The average molecular weight is 337 g/mol. The summed E-state index contributed by atoms with van der Waals surface area (Å²) in [6.45, 7) is 4.57. The molecule has 0 aromatic heterocycles. The predicted octanol–water partition coefficient (Wildman–Crippen LogP) is 3.97. The zero-order chi connectivity index (χ0) is 14.1. The Morgan fingerprint density at radius 2 is 1.80 bits per heavy atom. The summed E-state index contributed by atoms with van der Waals surface area (Å²) in [4.78, 5) is 2.64. The lowest BCUT2D eigenvalue weighted by molar-refractivity contribution is 0.669. The third-order valence-corrected chi connectivity index (χ3v) is 4.77.